The Morgan fingerprint density at radius 2 is 2.11 bits per heavy atom. The fourth-order valence-corrected chi connectivity index (χ4v) is 3.67. The van der Waals surface area contributed by atoms with Gasteiger partial charge >= 0.3 is 0 Å². The number of hydrogen-bond acceptors (Lipinski definition) is 2. The first kappa shape index (κ1) is 12.9. The molecule has 1 aliphatic carbocycles. The van der Waals surface area contributed by atoms with Gasteiger partial charge in [-0.15, -0.1) is 11.3 Å². The lowest BCUT2D eigenvalue weighted by Gasteiger charge is -2.13. The molecular formula is C17H21NS. The second kappa shape index (κ2) is 5.89. The van der Waals surface area contributed by atoms with Crippen molar-refractivity contribution in [3.8, 4) is 0 Å². The van der Waals surface area contributed by atoms with Crippen molar-refractivity contribution < 1.29 is 0 Å². The van der Waals surface area contributed by atoms with Crippen LogP contribution < -0.4 is 5.32 Å². The highest BCUT2D eigenvalue weighted by Gasteiger charge is 2.11. The number of hydrogen-bond donors (Lipinski definition) is 1. The van der Waals surface area contributed by atoms with Crippen LogP contribution in [0.1, 0.15) is 34.9 Å². The molecule has 1 aromatic heterocycles. The highest BCUT2D eigenvalue weighted by molar-refractivity contribution is 7.09. The molecule has 0 fully saturated rings. The molecule has 0 bridgehead atoms. The molecule has 1 atom stereocenters. The van der Waals surface area contributed by atoms with Crippen LogP contribution in [-0.4, -0.2) is 6.04 Å². The summed E-state index contributed by atoms with van der Waals surface area (Å²) in [6, 6.07) is 11.9. The fraction of sp³-hybridized carbons (Fsp3) is 0.412. The Hall–Kier alpha value is -1.12. The maximum atomic E-state index is 3.64. The second-order valence-electron chi connectivity index (χ2n) is 5.52. The lowest BCUT2D eigenvalue weighted by molar-refractivity contribution is 0.548. The summed E-state index contributed by atoms with van der Waals surface area (Å²) in [5.41, 5.74) is 4.57. The quantitative estimate of drug-likeness (QED) is 0.868. The van der Waals surface area contributed by atoms with Gasteiger partial charge in [0.05, 0.1) is 0 Å². The van der Waals surface area contributed by atoms with Gasteiger partial charge in [0.1, 0.15) is 0 Å². The molecule has 0 radical (unpaired) electrons. The number of aryl methyl sites for hydroxylation is 2. The lowest BCUT2D eigenvalue weighted by atomic mass is 10.1. The van der Waals surface area contributed by atoms with Crippen molar-refractivity contribution in [2.45, 2.75) is 45.2 Å². The Labute approximate surface area is 119 Å². The monoisotopic (exact) mass is 271 g/mol. The summed E-state index contributed by atoms with van der Waals surface area (Å²) >= 11 is 1.85. The Bertz CT molecular complexity index is 530. The molecular weight excluding hydrogens is 250 g/mol. The maximum Gasteiger partial charge on any atom is 0.0208 e. The first-order valence-electron chi connectivity index (χ1n) is 7.18. The van der Waals surface area contributed by atoms with Gasteiger partial charge in [0, 0.05) is 17.5 Å². The minimum atomic E-state index is 0.534. The molecule has 0 aliphatic heterocycles. The van der Waals surface area contributed by atoms with Gasteiger partial charge in [-0.05, 0) is 60.7 Å². The minimum Gasteiger partial charge on any atom is -0.310 e. The summed E-state index contributed by atoms with van der Waals surface area (Å²) in [6.07, 6.45) is 5.01. The topological polar surface area (TPSA) is 12.0 Å². The Morgan fingerprint density at radius 3 is 2.95 bits per heavy atom. The van der Waals surface area contributed by atoms with Gasteiger partial charge in [-0.3, -0.25) is 0 Å². The maximum absolute atomic E-state index is 3.64. The van der Waals surface area contributed by atoms with Gasteiger partial charge in [-0.2, -0.15) is 0 Å². The van der Waals surface area contributed by atoms with E-state index in [9.17, 15) is 0 Å². The van der Waals surface area contributed by atoms with Crippen LogP contribution in [-0.2, 0) is 25.8 Å². The standard InChI is InChI=1S/C17H21NS/c1-13(10-17-6-3-9-19-17)18-12-14-7-8-15-4-2-5-16(15)11-14/h3,6-9,11,13,18H,2,4-5,10,12H2,1H3. The largest absolute Gasteiger partial charge is 0.310 e. The van der Waals surface area contributed by atoms with E-state index in [4.69, 9.17) is 0 Å². The van der Waals surface area contributed by atoms with Gasteiger partial charge in [-0.25, -0.2) is 0 Å². The second-order valence-corrected chi connectivity index (χ2v) is 6.55. The molecule has 1 heterocycles. The van der Waals surface area contributed by atoms with Crippen LogP contribution in [0.2, 0.25) is 0 Å². The number of fused-ring (bicyclic) bond motifs is 1. The van der Waals surface area contributed by atoms with Gasteiger partial charge in [-0.1, -0.05) is 24.3 Å². The molecule has 1 nitrogen and oxygen atoms in total. The van der Waals surface area contributed by atoms with E-state index in [1.54, 1.807) is 11.1 Å². The molecule has 19 heavy (non-hydrogen) atoms. The van der Waals surface area contributed by atoms with Crippen molar-refractivity contribution in [2.75, 3.05) is 0 Å². The molecule has 0 saturated heterocycles. The average Bonchev–Trinajstić information content (AvgIpc) is 3.06. The van der Waals surface area contributed by atoms with Gasteiger partial charge in [0.25, 0.3) is 0 Å². The van der Waals surface area contributed by atoms with Crippen LogP contribution in [0.25, 0.3) is 0 Å². The van der Waals surface area contributed by atoms with Crippen LogP contribution in [0, 0.1) is 0 Å². The van der Waals surface area contributed by atoms with Crippen molar-refractivity contribution in [1.29, 1.82) is 0 Å². The van der Waals surface area contributed by atoms with E-state index in [1.165, 1.54) is 29.7 Å². The first-order valence-corrected chi connectivity index (χ1v) is 8.05. The molecule has 0 spiro atoms. The van der Waals surface area contributed by atoms with Crippen LogP contribution in [0.3, 0.4) is 0 Å². The van der Waals surface area contributed by atoms with E-state index < -0.39 is 0 Å². The molecule has 0 amide bonds. The smallest absolute Gasteiger partial charge is 0.0208 e. The lowest BCUT2D eigenvalue weighted by Crippen LogP contribution is -2.27. The van der Waals surface area contributed by atoms with E-state index >= 15 is 0 Å². The van der Waals surface area contributed by atoms with E-state index in [1.807, 2.05) is 11.3 Å². The summed E-state index contributed by atoms with van der Waals surface area (Å²) in [4.78, 5) is 1.47. The van der Waals surface area contributed by atoms with E-state index in [0.29, 0.717) is 6.04 Å². The summed E-state index contributed by atoms with van der Waals surface area (Å²) in [7, 11) is 0. The van der Waals surface area contributed by atoms with Crippen molar-refractivity contribution in [3.05, 3.63) is 57.3 Å². The Morgan fingerprint density at radius 1 is 1.21 bits per heavy atom. The summed E-state index contributed by atoms with van der Waals surface area (Å²) in [5, 5.41) is 5.79. The normalized spacial score (nSPS) is 15.4. The number of thiophene rings is 1. The van der Waals surface area contributed by atoms with Gasteiger partial charge in [0.15, 0.2) is 0 Å². The van der Waals surface area contributed by atoms with E-state index in [0.717, 1.165) is 13.0 Å². The van der Waals surface area contributed by atoms with Crippen molar-refractivity contribution in [1.82, 2.24) is 5.32 Å². The van der Waals surface area contributed by atoms with E-state index in [-0.39, 0.29) is 0 Å². The molecule has 2 aromatic rings. The number of nitrogens with one attached hydrogen (secondary N) is 1. The molecule has 1 aliphatic rings. The molecule has 3 rings (SSSR count). The predicted molar refractivity (Wildman–Crippen MR) is 82.8 cm³/mol. The number of benzene rings is 1. The highest BCUT2D eigenvalue weighted by Crippen LogP contribution is 2.22. The highest BCUT2D eigenvalue weighted by atomic mass is 32.1. The van der Waals surface area contributed by atoms with Crippen LogP contribution >= 0.6 is 11.3 Å². The Kier molecular flexibility index (Phi) is 4.00. The molecule has 0 saturated carbocycles. The third-order valence-electron chi connectivity index (χ3n) is 3.91. The summed E-state index contributed by atoms with van der Waals surface area (Å²) in [6.45, 7) is 3.26. The molecule has 2 heteroatoms. The summed E-state index contributed by atoms with van der Waals surface area (Å²) < 4.78 is 0. The van der Waals surface area contributed by atoms with Gasteiger partial charge in [0.2, 0.25) is 0 Å². The Balaban J connectivity index is 1.54. The molecule has 100 valence electrons. The fourth-order valence-electron chi connectivity index (χ4n) is 2.83. The van der Waals surface area contributed by atoms with Gasteiger partial charge < -0.3 is 5.32 Å². The van der Waals surface area contributed by atoms with E-state index in [2.05, 4.69) is 48.0 Å². The molecule has 1 aromatic carbocycles. The van der Waals surface area contributed by atoms with Crippen molar-refractivity contribution in [2.24, 2.45) is 0 Å². The number of rotatable bonds is 5. The zero-order valence-electron chi connectivity index (χ0n) is 11.5. The van der Waals surface area contributed by atoms with Crippen molar-refractivity contribution in [3.63, 3.8) is 0 Å². The van der Waals surface area contributed by atoms with Crippen LogP contribution in [0.5, 0.6) is 0 Å². The third-order valence-corrected chi connectivity index (χ3v) is 4.80. The zero-order valence-corrected chi connectivity index (χ0v) is 12.3. The first-order chi connectivity index (χ1) is 9.31. The average molecular weight is 271 g/mol. The molecule has 1 N–H and O–H groups in total. The third kappa shape index (κ3) is 3.26. The minimum absolute atomic E-state index is 0.534. The van der Waals surface area contributed by atoms with Crippen LogP contribution in [0.15, 0.2) is 35.7 Å². The van der Waals surface area contributed by atoms with Crippen LogP contribution in [0.4, 0.5) is 0 Å². The predicted octanol–water partition coefficient (Wildman–Crippen LogP) is 3.96. The SMILES string of the molecule is CC(Cc1cccs1)NCc1ccc2c(c1)CCC2. The van der Waals surface area contributed by atoms with Crippen molar-refractivity contribution >= 4 is 11.3 Å². The molecule has 1 unspecified atom stereocenters. The summed E-state index contributed by atoms with van der Waals surface area (Å²) in [5.74, 6) is 0. The zero-order chi connectivity index (χ0) is 13.1.